The Morgan fingerprint density at radius 1 is 1.03 bits per heavy atom. The maximum absolute atomic E-state index is 11.9. The number of ether oxygens (including phenoxy) is 1. The van der Waals surface area contributed by atoms with Crippen molar-refractivity contribution >= 4 is 17.8 Å². The SMILES string of the molecule is Cc1cccc(C)c1OCC(=O)N[C@H]1CCCC[C@@H]1O.O=C(O)C(O)C(O)C(=O)O. The van der Waals surface area contributed by atoms with E-state index in [9.17, 15) is 19.5 Å². The number of aryl methyl sites for hydroxylation is 2. The molecule has 0 bridgehead atoms. The van der Waals surface area contributed by atoms with Crippen molar-refractivity contribution in [2.45, 2.75) is 63.9 Å². The highest BCUT2D eigenvalue weighted by molar-refractivity contribution is 5.83. The second-order valence-corrected chi connectivity index (χ2v) is 7.10. The van der Waals surface area contributed by atoms with E-state index in [0.29, 0.717) is 0 Å². The lowest BCUT2D eigenvalue weighted by atomic mass is 9.92. The summed E-state index contributed by atoms with van der Waals surface area (Å²) in [5.41, 5.74) is 2.05. The summed E-state index contributed by atoms with van der Waals surface area (Å²) in [6.07, 6.45) is -1.26. The van der Waals surface area contributed by atoms with Gasteiger partial charge in [-0.25, -0.2) is 9.59 Å². The zero-order valence-corrected chi connectivity index (χ0v) is 16.9. The number of rotatable bonds is 7. The summed E-state index contributed by atoms with van der Waals surface area (Å²) in [6, 6.07) is 5.77. The van der Waals surface area contributed by atoms with Crippen LogP contribution in [0.5, 0.6) is 5.75 Å². The highest BCUT2D eigenvalue weighted by Crippen LogP contribution is 2.22. The van der Waals surface area contributed by atoms with Crippen molar-refractivity contribution in [1.29, 1.82) is 0 Å². The van der Waals surface area contributed by atoms with Gasteiger partial charge in [0, 0.05) is 0 Å². The molecule has 10 nitrogen and oxygen atoms in total. The third-order valence-corrected chi connectivity index (χ3v) is 4.64. The van der Waals surface area contributed by atoms with Crippen LogP contribution in [0.15, 0.2) is 18.2 Å². The molecule has 6 N–H and O–H groups in total. The first-order valence-electron chi connectivity index (χ1n) is 9.52. The molecule has 0 aliphatic heterocycles. The van der Waals surface area contributed by atoms with Crippen molar-refractivity contribution < 1.29 is 44.7 Å². The Bertz CT molecular complexity index is 699. The lowest BCUT2D eigenvalue weighted by molar-refractivity contribution is -0.165. The Labute approximate surface area is 174 Å². The van der Waals surface area contributed by atoms with Crippen molar-refractivity contribution in [2.75, 3.05) is 6.61 Å². The maximum atomic E-state index is 11.9. The normalized spacial score (nSPS) is 20.2. The molecular weight excluding hydrogens is 398 g/mol. The predicted octanol–water partition coefficient (Wildman–Crippen LogP) is -0.0207. The standard InChI is InChI=1S/C16H23NO3.C4H6O6/c1-11-6-5-7-12(2)16(11)20-10-15(19)17-13-8-3-4-9-14(13)18;5-1(3(7)8)2(6)4(9)10/h5-7,13-14,18H,3-4,8-10H2,1-2H3,(H,17,19);1-2,5-6H,(H,7,8)(H,9,10)/t13-,14-;/m0./s1. The van der Waals surface area contributed by atoms with Crippen LogP contribution in [-0.4, -0.2) is 74.3 Å². The molecule has 2 rings (SSSR count). The minimum Gasteiger partial charge on any atom is -0.483 e. The van der Waals surface area contributed by atoms with Crippen molar-refractivity contribution in [2.24, 2.45) is 0 Å². The highest BCUT2D eigenvalue weighted by Gasteiger charge is 2.29. The molecule has 1 aliphatic rings. The lowest BCUT2D eigenvalue weighted by Gasteiger charge is -2.28. The van der Waals surface area contributed by atoms with Gasteiger partial charge in [0.25, 0.3) is 5.91 Å². The molecule has 30 heavy (non-hydrogen) atoms. The molecule has 0 saturated heterocycles. The number of aliphatic hydroxyl groups is 3. The van der Waals surface area contributed by atoms with Gasteiger partial charge in [-0.2, -0.15) is 0 Å². The van der Waals surface area contributed by atoms with Crippen LogP contribution in [0.1, 0.15) is 36.8 Å². The molecule has 4 atom stereocenters. The Morgan fingerprint density at radius 2 is 1.53 bits per heavy atom. The van der Waals surface area contributed by atoms with Gasteiger partial charge in [-0.05, 0) is 37.8 Å². The third kappa shape index (κ3) is 7.97. The van der Waals surface area contributed by atoms with E-state index in [1.807, 2.05) is 32.0 Å². The molecule has 10 heteroatoms. The van der Waals surface area contributed by atoms with Gasteiger partial charge in [0.15, 0.2) is 18.8 Å². The summed E-state index contributed by atoms with van der Waals surface area (Å²) in [6.45, 7) is 3.92. The minimum absolute atomic E-state index is 0.00505. The van der Waals surface area contributed by atoms with E-state index in [-0.39, 0.29) is 18.6 Å². The summed E-state index contributed by atoms with van der Waals surface area (Å²) in [5, 5.41) is 45.2. The van der Waals surface area contributed by atoms with E-state index < -0.39 is 30.3 Å². The average Bonchev–Trinajstić information content (AvgIpc) is 2.68. The van der Waals surface area contributed by atoms with E-state index in [0.717, 1.165) is 42.6 Å². The number of amides is 1. The van der Waals surface area contributed by atoms with E-state index in [2.05, 4.69) is 5.32 Å². The Kier molecular flexibility index (Phi) is 10.2. The van der Waals surface area contributed by atoms with Crippen molar-refractivity contribution in [1.82, 2.24) is 5.32 Å². The van der Waals surface area contributed by atoms with Gasteiger partial charge >= 0.3 is 11.9 Å². The van der Waals surface area contributed by atoms with Gasteiger partial charge in [0.05, 0.1) is 12.1 Å². The molecule has 1 aromatic carbocycles. The molecule has 1 fully saturated rings. The molecule has 0 radical (unpaired) electrons. The van der Waals surface area contributed by atoms with Crippen LogP contribution in [0.3, 0.4) is 0 Å². The largest absolute Gasteiger partial charge is 0.483 e. The molecule has 0 spiro atoms. The number of carbonyl (C=O) groups is 3. The number of hydrogen-bond acceptors (Lipinski definition) is 7. The van der Waals surface area contributed by atoms with E-state index in [4.69, 9.17) is 25.2 Å². The van der Waals surface area contributed by atoms with Crippen LogP contribution < -0.4 is 10.1 Å². The van der Waals surface area contributed by atoms with Gasteiger partial charge < -0.3 is 35.6 Å². The third-order valence-electron chi connectivity index (χ3n) is 4.64. The monoisotopic (exact) mass is 427 g/mol. The minimum atomic E-state index is -2.27. The fourth-order valence-corrected chi connectivity index (χ4v) is 2.96. The number of benzene rings is 1. The van der Waals surface area contributed by atoms with Gasteiger partial charge in [-0.3, -0.25) is 4.79 Å². The Hall–Kier alpha value is -2.69. The fraction of sp³-hybridized carbons (Fsp3) is 0.550. The van der Waals surface area contributed by atoms with E-state index in [1.54, 1.807) is 0 Å². The summed E-state index contributed by atoms with van der Waals surface area (Å²) >= 11 is 0. The fourth-order valence-electron chi connectivity index (χ4n) is 2.96. The molecule has 1 saturated carbocycles. The first kappa shape index (κ1) is 25.3. The number of nitrogens with one attached hydrogen (secondary N) is 1. The highest BCUT2D eigenvalue weighted by atomic mass is 16.5. The smallest absolute Gasteiger partial charge is 0.335 e. The van der Waals surface area contributed by atoms with E-state index >= 15 is 0 Å². The molecule has 168 valence electrons. The van der Waals surface area contributed by atoms with Crippen molar-refractivity contribution in [3.63, 3.8) is 0 Å². The predicted molar refractivity (Wildman–Crippen MR) is 105 cm³/mol. The number of carbonyl (C=O) groups excluding carboxylic acids is 1. The number of carboxylic acid groups (broad SMARTS) is 2. The van der Waals surface area contributed by atoms with Crippen LogP contribution in [0.25, 0.3) is 0 Å². The number of para-hydroxylation sites is 1. The van der Waals surface area contributed by atoms with Crippen molar-refractivity contribution in [3.05, 3.63) is 29.3 Å². The zero-order chi connectivity index (χ0) is 22.8. The molecule has 2 unspecified atom stereocenters. The molecule has 1 aromatic rings. The molecule has 1 amide bonds. The summed E-state index contributed by atoms with van der Waals surface area (Å²) in [4.78, 5) is 31.4. The number of aliphatic hydroxyl groups excluding tert-OH is 3. The van der Waals surface area contributed by atoms with Crippen LogP contribution in [-0.2, 0) is 14.4 Å². The first-order chi connectivity index (χ1) is 14.0. The summed E-state index contributed by atoms with van der Waals surface area (Å²) in [7, 11) is 0. The zero-order valence-electron chi connectivity index (χ0n) is 16.9. The van der Waals surface area contributed by atoms with Gasteiger partial charge in [0.1, 0.15) is 5.75 Å². The number of aliphatic carboxylic acids is 2. The summed E-state index contributed by atoms with van der Waals surface area (Å²) in [5.74, 6) is -2.93. The van der Waals surface area contributed by atoms with Gasteiger partial charge in [-0.15, -0.1) is 0 Å². The number of carboxylic acids is 2. The molecule has 0 aromatic heterocycles. The van der Waals surface area contributed by atoms with Crippen LogP contribution in [0.2, 0.25) is 0 Å². The van der Waals surface area contributed by atoms with E-state index in [1.165, 1.54) is 0 Å². The lowest BCUT2D eigenvalue weighted by Crippen LogP contribution is -2.46. The van der Waals surface area contributed by atoms with Crippen molar-refractivity contribution in [3.8, 4) is 5.75 Å². The quantitative estimate of drug-likeness (QED) is 0.349. The second kappa shape index (κ2) is 12.1. The Balaban J connectivity index is 0.000000382. The Morgan fingerprint density at radius 3 is 2.00 bits per heavy atom. The second-order valence-electron chi connectivity index (χ2n) is 7.10. The molecule has 1 aliphatic carbocycles. The van der Waals surface area contributed by atoms with Gasteiger partial charge in [0.2, 0.25) is 0 Å². The van der Waals surface area contributed by atoms with Crippen LogP contribution in [0.4, 0.5) is 0 Å². The van der Waals surface area contributed by atoms with Crippen LogP contribution in [0, 0.1) is 13.8 Å². The molecular formula is C20H29NO9. The van der Waals surface area contributed by atoms with Gasteiger partial charge in [-0.1, -0.05) is 31.0 Å². The van der Waals surface area contributed by atoms with Crippen LogP contribution >= 0.6 is 0 Å². The average molecular weight is 427 g/mol. The number of hydrogen-bond donors (Lipinski definition) is 6. The topological polar surface area (TPSA) is 174 Å². The molecule has 0 heterocycles. The summed E-state index contributed by atoms with van der Waals surface area (Å²) < 4.78 is 5.61. The first-order valence-corrected chi connectivity index (χ1v) is 9.52. The maximum Gasteiger partial charge on any atom is 0.335 e.